The molecule has 2 heteroatoms. The second kappa shape index (κ2) is 2.95. The molecule has 1 aromatic carbocycles. The summed E-state index contributed by atoms with van der Waals surface area (Å²) in [5, 5.41) is 0. The van der Waals surface area contributed by atoms with E-state index in [-0.39, 0.29) is 5.78 Å². The minimum absolute atomic E-state index is 0.110. The first-order valence-electron chi connectivity index (χ1n) is 4.08. The first kappa shape index (κ1) is 7.88. The third-order valence-electron chi connectivity index (χ3n) is 2.03. The predicted molar refractivity (Wildman–Crippen MR) is 48.8 cm³/mol. The van der Waals surface area contributed by atoms with Crippen molar-refractivity contribution in [3.63, 3.8) is 0 Å². The second-order valence-electron chi connectivity index (χ2n) is 2.88. The van der Waals surface area contributed by atoms with Crippen molar-refractivity contribution >= 4 is 5.78 Å². The Bertz CT molecular complexity index is 399. The highest BCUT2D eigenvalue weighted by molar-refractivity contribution is 5.99. The number of Topliss-reactive ketones (excluding diaryl/α,β-unsaturated/α-hetero) is 1. The molecule has 1 aliphatic heterocycles. The van der Waals surface area contributed by atoms with E-state index in [1.807, 2.05) is 0 Å². The van der Waals surface area contributed by atoms with Gasteiger partial charge in [0.2, 0.25) is 0 Å². The molecule has 1 aromatic rings. The summed E-state index contributed by atoms with van der Waals surface area (Å²) in [5.74, 6) is 3.25. The van der Waals surface area contributed by atoms with E-state index in [1.54, 1.807) is 18.2 Å². The number of carbonyl (C=O) groups is 1. The van der Waals surface area contributed by atoms with Crippen LogP contribution >= 0.6 is 0 Å². The van der Waals surface area contributed by atoms with Crippen molar-refractivity contribution in [1.82, 2.24) is 0 Å². The Kier molecular flexibility index (Phi) is 1.79. The number of rotatable bonds is 0. The highest BCUT2D eigenvalue weighted by Gasteiger charge is 2.17. The highest BCUT2D eigenvalue weighted by Crippen LogP contribution is 2.25. The van der Waals surface area contributed by atoms with E-state index in [0.717, 1.165) is 5.56 Å². The molecule has 0 aliphatic carbocycles. The number of terminal acetylenes is 1. The Morgan fingerprint density at radius 1 is 1.46 bits per heavy atom. The van der Waals surface area contributed by atoms with Crippen LogP contribution in [0.1, 0.15) is 22.3 Å². The van der Waals surface area contributed by atoms with Crippen molar-refractivity contribution in [3.05, 3.63) is 29.3 Å². The third-order valence-corrected chi connectivity index (χ3v) is 2.03. The van der Waals surface area contributed by atoms with Crippen LogP contribution in [0.15, 0.2) is 18.2 Å². The van der Waals surface area contributed by atoms with Gasteiger partial charge >= 0.3 is 0 Å². The van der Waals surface area contributed by atoms with E-state index in [4.69, 9.17) is 11.2 Å². The van der Waals surface area contributed by atoms with Crippen molar-refractivity contribution in [3.8, 4) is 18.1 Å². The molecule has 0 radical (unpaired) electrons. The number of benzene rings is 1. The summed E-state index contributed by atoms with van der Waals surface area (Å²) in [5.41, 5.74) is 1.33. The monoisotopic (exact) mass is 172 g/mol. The number of carbonyl (C=O) groups excluding carboxylic acids is 1. The highest BCUT2D eigenvalue weighted by atomic mass is 16.5. The standard InChI is InChI=1S/C11H8O2/c1-2-8-3-4-11-9(7-8)10(12)5-6-13-11/h1,3-4,7H,5-6H2. The van der Waals surface area contributed by atoms with Gasteiger partial charge in [-0.25, -0.2) is 0 Å². The summed E-state index contributed by atoms with van der Waals surface area (Å²) in [6, 6.07) is 5.23. The molecule has 0 amide bonds. The molecule has 1 heterocycles. The Hall–Kier alpha value is -1.75. The third kappa shape index (κ3) is 1.29. The van der Waals surface area contributed by atoms with Gasteiger partial charge in [-0.2, -0.15) is 0 Å². The molecular formula is C11H8O2. The van der Waals surface area contributed by atoms with Crippen LogP contribution in [0.2, 0.25) is 0 Å². The van der Waals surface area contributed by atoms with Gasteiger partial charge in [0.25, 0.3) is 0 Å². The molecular weight excluding hydrogens is 164 g/mol. The lowest BCUT2D eigenvalue weighted by Crippen LogP contribution is -2.15. The fourth-order valence-corrected chi connectivity index (χ4v) is 1.35. The zero-order valence-corrected chi connectivity index (χ0v) is 7.04. The number of ether oxygens (including phenoxy) is 1. The molecule has 0 unspecified atom stereocenters. The lowest BCUT2D eigenvalue weighted by Gasteiger charge is -2.15. The van der Waals surface area contributed by atoms with Crippen molar-refractivity contribution < 1.29 is 9.53 Å². The van der Waals surface area contributed by atoms with Crippen LogP contribution in [0.4, 0.5) is 0 Å². The molecule has 13 heavy (non-hydrogen) atoms. The lowest BCUT2D eigenvalue weighted by molar-refractivity contribution is 0.0933. The maximum Gasteiger partial charge on any atom is 0.170 e. The van der Waals surface area contributed by atoms with Gasteiger partial charge in [0.15, 0.2) is 5.78 Å². The quantitative estimate of drug-likeness (QED) is 0.556. The predicted octanol–water partition coefficient (Wildman–Crippen LogP) is 1.63. The topological polar surface area (TPSA) is 26.3 Å². The van der Waals surface area contributed by atoms with Crippen molar-refractivity contribution in [2.24, 2.45) is 0 Å². The van der Waals surface area contributed by atoms with Crippen LogP contribution in [0.25, 0.3) is 0 Å². The second-order valence-corrected chi connectivity index (χ2v) is 2.88. The minimum atomic E-state index is 0.110. The first-order valence-corrected chi connectivity index (χ1v) is 4.08. The normalized spacial score (nSPS) is 14.2. The Morgan fingerprint density at radius 3 is 3.08 bits per heavy atom. The van der Waals surface area contributed by atoms with E-state index in [1.165, 1.54) is 0 Å². The maximum atomic E-state index is 11.4. The van der Waals surface area contributed by atoms with Crippen molar-refractivity contribution in [2.75, 3.05) is 6.61 Å². The van der Waals surface area contributed by atoms with Gasteiger partial charge in [-0.1, -0.05) is 5.92 Å². The van der Waals surface area contributed by atoms with Crippen LogP contribution in [0, 0.1) is 12.3 Å². The molecule has 0 saturated carbocycles. The average Bonchev–Trinajstić information content (AvgIpc) is 2.18. The fraction of sp³-hybridized carbons (Fsp3) is 0.182. The lowest BCUT2D eigenvalue weighted by atomic mass is 10.0. The summed E-state index contributed by atoms with van der Waals surface area (Å²) < 4.78 is 5.30. The summed E-state index contributed by atoms with van der Waals surface area (Å²) in [6.07, 6.45) is 5.67. The van der Waals surface area contributed by atoms with Crippen LogP contribution in [0.3, 0.4) is 0 Å². The Balaban J connectivity index is 2.55. The molecule has 2 nitrogen and oxygen atoms in total. The van der Waals surface area contributed by atoms with Gasteiger partial charge in [0, 0.05) is 12.0 Å². The average molecular weight is 172 g/mol. The van der Waals surface area contributed by atoms with Crippen LogP contribution in [0.5, 0.6) is 5.75 Å². The Morgan fingerprint density at radius 2 is 2.31 bits per heavy atom. The van der Waals surface area contributed by atoms with E-state index in [2.05, 4.69) is 5.92 Å². The van der Waals surface area contributed by atoms with Gasteiger partial charge in [0.05, 0.1) is 12.2 Å². The number of hydrogen-bond acceptors (Lipinski definition) is 2. The molecule has 2 rings (SSSR count). The number of hydrogen-bond donors (Lipinski definition) is 0. The molecule has 0 atom stereocenters. The van der Waals surface area contributed by atoms with Crippen molar-refractivity contribution in [1.29, 1.82) is 0 Å². The zero-order chi connectivity index (χ0) is 9.26. The van der Waals surface area contributed by atoms with E-state index in [0.29, 0.717) is 24.3 Å². The van der Waals surface area contributed by atoms with Gasteiger partial charge in [-0.3, -0.25) is 4.79 Å². The van der Waals surface area contributed by atoms with Gasteiger partial charge in [-0.15, -0.1) is 6.42 Å². The smallest absolute Gasteiger partial charge is 0.170 e. The largest absolute Gasteiger partial charge is 0.492 e. The summed E-state index contributed by atoms with van der Waals surface area (Å²) in [6.45, 7) is 0.473. The van der Waals surface area contributed by atoms with E-state index < -0.39 is 0 Å². The van der Waals surface area contributed by atoms with Crippen LogP contribution < -0.4 is 4.74 Å². The molecule has 0 fully saturated rings. The minimum Gasteiger partial charge on any atom is -0.492 e. The van der Waals surface area contributed by atoms with E-state index in [9.17, 15) is 4.79 Å². The molecule has 0 bridgehead atoms. The van der Waals surface area contributed by atoms with E-state index >= 15 is 0 Å². The number of ketones is 1. The van der Waals surface area contributed by atoms with Gasteiger partial charge in [0.1, 0.15) is 5.75 Å². The van der Waals surface area contributed by atoms with Gasteiger partial charge < -0.3 is 4.74 Å². The summed E-state index contributed by atoms with van der Waals surface area (Å²) in [7, 11) is 0. The molecule has 0 spiro atoms. The van der Waals surface area contributed by atoms with Crippen LogP contribution in [-0.2, 0) is 0 Å². The SMILES string of the molecule is C#Cc1ccc2c(c1)C(=O)CCO2. The molecule has 0 N–H and O–H groups in total. The van der Waals surface area contributed by atoms with Crippen LogP contribution in [-0.4, -0.2) is 12.4 Å². The Labute approximate surface area is 76.5 Å². The molecule has 0 aromatic heterocycles. The summed E-state index contributed by atoms with van der Waals surface area (Å²) in [4.78, 5) is 11.4. The van der Waals surface area contributed by atoms with Gasteiger partial charge in [-0.05, 0) is 18.2 Å². The molecule has 1 aliphatic rings. The summed E-state index contributed by atoms with van der Waals surface area (Å²) >= 11 is 0. The fourth-order valence-electron chi connectivity index (χ4n) is 1.35. The first-order chi connectivity index (χ1) is 6.31. The van der Waals surface area contributed by atoms with Crippen molar-refractivity contribution in [2.45, 2.75) is 6.42 Å². The zero-order valence-electron chi connectivity index (χ0n) is 7.04. The molecule has 0 saturated heterocycles. The molecule has 64 valence electrons. The maximum absolute atomic E-state index is 11.4. The number of fused-ring (bicyclic) bond motifs is 1.